The minimum Gasteiger partial charge on any atom is -0.497 e. The van der Waals surface area contributed by atoms with E-state index in [9.17, 15) is 0 Å². The smallest absolute Gasteiger partial charge is 0.159 e. The number of nitrogen functional groups attached to an aromatic ring is 1. The third-order valence-electron chi connectivity index (χ3n) is 4.20. The highest BCUT2D eigenvalue weighted by molar-refractivity contribution is 5.79. The minimum atomic E-state index is 0.0479. The van der Waals surface area contributed by atoms with Crippen molar-refractivity contribution in [2.45, 2.75) is 13.0 Å². The van der Waals surface area contributed by atoms with Gasteiger partial charge in [-0.25, -0.2) is 9.97 Å². The molecule has 0 saturated carbocycles. The highest BCUT2D eigenvalue weighted by Gasteiger charge is 2.14. The van der Waals surface area contributed by atoms with Gasteiger partial charge in [0.2, 0.25) is 0 Å². The lowest BCUT2D eigenvalue weighted by Crippen LogP contribution is -2.11. The molecule has 0 spiro atoms. The highest BCUT2D eigenvalue weighted by atomic mass is 16.5. The average molecular weight is 365 g/mol. The lowest BCUT2D eigenvalue weighted by Gasteiger charge is -2.18. The summed E-state index contributed by atoms with van der Waals surface area (Å²) in [6.07, 6.45) is 1.47. The fourth-order valence-electron chi connectivity index (χ4n) is 2.67. The molecule has 27 heavy (non-hydrogen) atoms. The third-order valence-corrected chi connectivity index (χ3v) is 4.20. The normalized spacial score (nSPS) is 11.5. The van der Waals surface area contributed by atoms with Gasteiger partial charge in [0, 0.05) is 6.07 Å². The molecule has 3 aromatic rings. The van der Waals surface area contributed by atoms with Crippen molar-refractivity contribution in [1.29, 1.82) is 0 Å². The Kier molecular flexibility index (Phi) is 5.61. The number of ether oxygens (including phenoxy) is 2. The predicted octanol–water partition coefficient (Wildman–Crippen LogP) is 3.99. The predicted molar refractivity (Wildman–Crippen MR) is 108 cm³/mol. The molecule has 1 atom stereocenters. The summed E-state index contributed by atoms with van der Waals surface area (Å²) in [7, 11) is 3.20. The van der Waals surface area contributed by atoms with E-state index in [1.807, 2.05) is 30.3 Å². The number of nitrogens with zero attached hydrogens (tertiary/aromatic N) is 2. The van der Waals surface area contributed by atoms with Gasteiger partial charge in [0.05, 0.1) is 25.9 Å². The minimum absolute atomic E-state index is 0.0479. The second-order valence-corrected chi connectivity index (χ2v) is 5.95. The van der Waals surface area contributed by atoms with Gasteiger partial charge in [-0.15, -0.1) is 0 Å². The van der Waals surface area contributed by atoms with Crippen LogP contribution >= 0.6 is 0 Å². The van der Waals surface area contributed by atoms with Crippen LogP contribution in [0.15, 0.2) is 54.9 Å². The Balaban J connectivity index is 1.83. The second kappa shape index (κ2) is 8.27. The standard InChI is InChI=1S/C20H23N5O2/c1-13(14-7-5-4-6-8-14)24-19-18(21)20(23-12-22-19)25-16-10-9-15(26-2)11-17(16)27-3/h4-13H,21H2,1-3H3,(H2,22,23,24,25). The van der Waals surface area contributed by atoms with E-state index < -0.39 is 0 Å². The van der Waals surface area contributed by atoms with E-state index in [0.29, 0.717) is 28.8 Å². The first kappa shape index (κ1) is 18.3. The van der Waals surface area contributed by atoms with Crippen LogP contribution in [0.3, 0.4) is 0 Å². The number of benzene rings is 2. The first-order valence-electron chi connectivity index (χ1n) is 8.53. The van der Waals surface area contributed by atoms with Crippen LogP contribution in [0, 0.1) is 0 Å². The largest absolute Gasteiger partial charge is 0.497 e. The molecule has 0 aliphatic rings. The summed E-state index contributed by atoms with van der Waals surface area (Å²) in [5, 5.41) is 6.53. The van der Waals surface area contributed by atoms with Gasteiger partial charge in [-0.05, 0) is 24.6 Å². The Labute approximate surface area is 158 Å². The average Bonchev–Trinajstić information content (AvgIpc) is 2.71. The molecule has 4 N–H and O–H groups in total. The molecule has 1 unspecified atom stereocenters. The molecule has 7 nitrogen and oxygen atoms in total. The first-order valence-corrected chi connectivity index (χ1v) is 8.53. The summed E-state index contributed by atoms with van der Waals surface area (Å²) < 4.78 is 10.6. The molecule has 0 radical (unpaired) electrons. The van der Waals surface area contributed by atoms with E-state index in [1.165, 1.54) is 6.33 Å². The number of nitrogens with one attached hydrogen (secondary N) is 2. The van der Waals surface area contributed by atoms with Gasteiger partial charge in [-0.3, -0.25) is 0 Å². The molecule has 2 aromatic carbocycles. The molecule has 1 aromatic heterocycles. The molecule has 1 heterocycles. The summed E-state index contributed by atoms with van der Waals surface area (Å²) in [4.78, 5) is 8.54. The molecule has 0 aliphatic carbocycles. The van der Waals surface area contributed by atoms with Crippen molar-refractivity contribution in [1.82, 2.24) is 9.97 Å². The number of hydrogen-bond donors (Lipinski definition) is 3. The van der Waals surface area contributed by atoms with Crippen LogP contribution < -0.4 is 25.8 Å². The van der Waals surface area contributed by atoms with Gasteiger partial charge in [0.1, 0.15) is 23.5 Å². The molecule has 3 rings (SSSR count). The van der Waals surface area contributed by atoms with E-state index in [-0.39, 0.29) is 6.04 Å². The van der Waals surface area contributed by atoms with Crippen LogP contribution in [0.5, 0.6) is 11.5 Å². The Morgan fingerprint density at radius 2 is 1.70 bits per heavy atom. The maximum Gasteiger partial charge on any atom is 0.159 e. The van der Waals surface area contributed by atoms with Crippen LogP contribution in [0.4, 0.5) is 23.0 Å². The fourth-order valence-corrected chi connectivity index (χ4v) is 2.67. The monoisotopic (exact) mass is 365 g/mol. The molecular formula is C20H23N5O2. The van der Waals surface area contributed by atoms with Crippen LogP contribution in [-0.4, -0.2) is 24.2 Å². The van der Waals surface area contributed by atoms with Gasteiger partial charge < -0.3 is 25.8 Å². The molecule has 0 amide bonds. The van der Waals surface area contributed by atoms with Gasteiger partial charge in [-0.2, -0.15) is 0 Å². The molecule has 0 saturated heterocycles. The Hall–Kier alpha value is -3.48. The number of methoxy groups -OCH3 is 2. The lowest BCUT2D eigenvalue weighted by atomic mass is 10.1. The van der Waals surface area contributed by atoms with Gasteiger partial charge in [0.15, 0.2) is 11.6 Å². The van der Waals surface area contributed by atoms with Gasteiger partial charge in [0.25, 0.3) is 0 Å². The SMILES string of the molecule is COc1ccc(Nc2ncnc(NC(C)c3ccccc3)c2N)c(OC)c1. The lowest BCUT2D eigenvalue weighted by molar-refractivity contribution is 0.395. The van der Waals surface area contributed by atoms with Crippen molar-refractivity contribution < 1.29 is 9.47 Å². The summed E-state index contributed by atoms with van der Waals surface area (Å²) in [6, 6.07) is 15.6. The first-order chi connectivity index (χ1) is 13.1. The fraction of sp³-hybridized carbons (Fsp3) is 0.200. The number of nitrogens with two attached hydrogens (primary N) is 1. The van der Waals surface area contributed by atoms with E-state index in [1.54, 1.807) is 20.3 Å². The third kappa shape index (κ3) is 4.20. The van der Waals surface area contributed by atoms with Gasteiger partial charge >= 0.3 is 0 Å². The molecular weight excluding hydrogens is 342 g/mol. The zero-order valence-electron chi connectivity index (χ0n) is 15.6. The van der Waals surface area contributed by atoms with Crippen molar-refractivity contribution >= 4 is 23.0 Å². The van der Waals surface area contributed by atoms with Crippen molar-refractivity contribution in [3.63, 3.8) is 0 Å². The van der Waals surface area contributed by atoms with Crippen molar-refractivity contribution in [2.24, 2.45) is 0 Å². The van der Waals surface area contributed by atoms with E-state index in [0.717, 1.165) is 11.3 Å². The highest BCUT2D eigenvalue weighted by Crippen LogP contribution is 2.34. The molecule has 0 fully saturated rings. The molecule has 0 aliphatic heterocycles. The molecule has 7 heteroatoms. The van der Waals surface area contributed by atoms with Crippen molar-refractivity contribution in [2.75, 3.05) is 30.6 Å². The van der Waals surface area contributed by atoms with Crippen molar-refractivity contribution in [3.8, 4) is 11.5 Å². The van der Waals surface area contributed by atoms with Crippen molar-refractivity contribution in [3.05, 3.63) is 60.4 Å². The topological polar surface area (TPSA) is 94.3 Å². The Morgan fingerprint density at radius 3 is 2.41 bits per heavy atom. The number of hydrogen-bond acceptors (Lipinski definition) is 7. The number of aromatic nitrogens is 2. The van der Waals surface area contributed by atoms with Crippen LogP contribution in [0.1, 0.15) is 18.5 Å². The van der Waals surface area contributed by atoms with Crippen LogP contribution in [0.25, 0.3) is 0 Å². The van der Waals surface area contributed by atoms with Gasteiger partial charge in [-0.1, -0.05) is 30.3 Å². The Morgan fingerprint density at radius 1 is 0.963 bits per heavy atom. The number of rotatable bonds is 7. The molecule has 0 bridgehead atoms. The van der Waals surface area contributed by atoms with Crippen LogP contribution in [0.2, 0.25) is 0 Å². The zero-order valence-corrected chi connectivity index (χ0v) is 15.6. The summed E-state index contributed by atoms with van der Waals surface area (Å²) in [6.45, 7) is 2.05. The quantitative estimate of drug-likeness (QED) is 0.583. The summed E-state index contributed by atoms with van der Waals surface area (Å²) in [5.41, 5.74) is 8.59. The summed E-state index contributed by atoms with van der Waals surface area (Å²) in [5.74, 6) is 2.39. The Bertz CT molecular complexity index is 902. The molecule has 140 valence electrons. The maximum atomic E-state index is 6.29. The van der Waals surface area contributed by atoms with E-state index in [2.05, 4.69) is 39.7 Å². The second-order valence-electron chi connectivity index (χ2n) is 5.95. The number of anilines is 4. The zero-order chi connectivity index (χ0) is 19.2. The maximum absolute atomic E-state index is 6.29. The van der Waals surface area contributed by atoms with Crippen LogP contribution in [-0.2, 0) is 0 Å². The van der Waals surface area contributed by atoms with E-state index in [4.69, 9.17) is 15.2 Å². The summed E-state index contributed by atoms with van der Waals surface area (Å²) >= 11 is 0. The van der Waals surface area contributed by atoms with E-state index >= 15 is 0 Å².